The Morgan fingerprint density at radius 1 is 1.10 bits per heavy atom. The maximum atomic E-state index is 13.2. The van der Waals surface area contributed by atoms with Gasteiger partial charge in [0.2, 0.25) is 0 Å². The maximum Gasteiger partial charge on any atom is 0.416 e. The van der Waals surface area contributed by atoms with Crippen LogP contribution in [-0.4, -0.2) is 21.9 Å². The van der Waals surface area contributed by atoms with Crippen molar-refractivity contribution in [2.75, 3.05) is 0 Å². The van der Waals surface area contributed by atoms with Crippen LogP contribution in [0.3, 0.4) is 0 Å². The van der Waals surface area contributed by atoms with Gasteiger partial charge in [-0.05, 0) is 35.9 Å². The molecule has 0 fully saturated rings. The van der Waals surface area contributed by atoms with E-state index >= 15 is 0 Å². The van der Waals surface area contributed by atoms with Crippen molar-refractivity contribution < 1.29 is 22.4 Å². The molecule has 0 spiro atoms. The van der Waals surface area contributed by atoms with Crippen molar-refractivity contribution in [2.45, 2.75) is 18.8 Å². The van der Waals surface area contributed by atoms with Crippen LogP contribution < -0.4 is 5.32 Å². The minimum Gasteiger partial charge on any atom is -0.339 e. The molecular weight excluding hydrogens is 388 g/mol. The van der Waals surface area contributed by atoms with Gasteiger partial charge in [0.25, 0.3) is 5.91 Å². The summed E-state index contributed by atoms with van der Waals surface area (Å²) in [7, 11) is 0. The first kappa shape index (κ1) is 18.9. The first-order valence-corrected chi connectivity index (χ1v) is 8.64. The van der Waals surface area contributed by atoms with Crippen LogP contribution in [0.4, 0.5) is 23.2 Å². The third-order valence-electron chi connectivity index (χ3n) is 4.48. The molecule has 1 aliphatic rings. The highest BCUT2D eigenvalue weighted by atomic mass is 19.4. The van der Waals surface area contributed by atoms with Crippen molar-refractivity contribution >= 4 is 17.8 Å². The quantitative estimate of drug-likeness (QED) is 0.663. The number of hydrogen-bond acceptors (Lipinski definition) is 3. The van der Waals surface area contributed by atoms with Gasteiger partial charge in [-0.3, -0.25) is 14.5 Å². The number of alkyl halides is 3. The Bertz CT molecular complexity index is 1090. The summed E-state index contributed by atoms with van der Waals surface area (Å²) in [4.78, 5) is 16.5. The van der Waals surface area contributed by atoms with E-state index in [1.54, 1.807) is 12.3 Å². The lowest BCUT2D eigenvalue weighted by atomic mass is 10.1. The van der Waals surface area contributed by atoms with E-state index in [2.05, 4.69) is 15.4 Å². The first-order valence-electron chi connectivity index (χ1n) is 8.64. The van der Waals surface area contributed by atoms with E-state index in [4.69, 9.17) is 0 Å². The first-order chi connectivity index (χ1) is 13.8. The number of carbonyl (C=O) groups is 1. The summed E-state index contributed by atoms with van der Waals surface area (Å²) in [5.74, 6) is -0.848. The molecule has 1 atom stereocenters. The number of nitrogens with zero attached hydrogens (tertiary/aromatic N) is 3. The molecule has 2 aromatic carbocycles. The molecule has 9 heteroatoms. The minimum absolute atomic E-state index is 0.154. The molecule has 29 heavy (non-hydrogen) atoms. The van der Waals surface area contributed by atoms with Gasteiger partial charge in [0, 0.05) is 18.0 Å². The number of amides is 1. The number of rotatable bonds is 4. The van der Waals surface area contributed by atoms with Crippen LogP contribution in [0.1, 0.15) is 33.2 Å². The fourth-order valence-electron chi connectivity index (χ4n) is 3.01. The largest absolute Gasteiger partial charge is 0.416 e. The normalized spacial score (nSPS) is 15.4. The Morgan fingerprint density at radius 2 is 1.86 bits per heavy atom. The van der Waals surface area contributed by atoms with Crippen LogP contribution in [0, 0.1) is 5.82 Å². The molecule has 0 saturated carbocycles. The maximum absolute atomic E-state index is 13.2. The van der Waals surface area contributed by atoms with Gasteiger partial charge in [-0.25, -0.2) is 4.39 Å². The molecular formula is C20H14F4N4O. The molecule has 0 radical (unpaired) electrons. The molecule has 148 valence electrons. The van der Waals surface area contributed by atoms with Gasteiger partial charge >= 0.3 is 6.18 Å². The van der Waals surface area contributed by atoms with Crippen LogP contribution in [0.25, 0.3) is 0 Å². The highest BCUT2D eigenvalue weighted by Crippen LogP contribution is 2.31. The van der Waals surface area contributed by atoms with E-state index in [-0.39, 0.29) is 12.2 Å². The second kappa shape index (κ2) is 7.16. The summed E-state index contributed by atoms with van der Waals surface area (Å²) in [6.07, 6.45) is -1.30. The van der Waals surface area contributed by atoms with E-state index in [0.29, 0.717) is 16.8 Å². The van der Waals surface area contributed by atoms with Crippen molar-refractivity contribution in [3.63, 3.8) is 0 Å². The molecule has 0 aliphatic carbocycles. The Hall–Kier alpha value is -3.49. The number of aliphatic imine (C=N–C) groups is 1. The highest BCUT2D eigenvalue weighted by Gasteiger charge is 2.30. The molecule has 0 saturated heterocycles. The topological polar surface area (TPSA) is 59.3 Å². The van der Waals surface area contributed by atoms with Crippen molar-refractivity contribution in [3.8, 4) is 0 Å². The molecule has 0 bridgehead atoms. The number of benzene rings is 2. The third-order valence-corrected chi connectivity index (χ3v) is 4.48. The number of aromatic nitrogens is 2. The second-order valence-corrected chi connectivity index (χ2v) is 6.53. The van der Waals surface area contributed by atoms with Gasteiger partial charge in [-0.1, -0.05) is 18.2 Å². The second-order valence-electron chi connectivity index (χ2n) is 6.53. The smallest absolute Gasteiger partial charge is 0.339 e. The standard InChI is InChI=1S/C20H14F4N4O/c21-14-5-6-15-17(9-14)25-10-18(15)26-19(29)16-7-8-28(27-16)11-12-1-3-13(4-2-12)20(22,23)24/h1-10,18H,11H2,(H,26,29). The lowest BCUT2D eigenvalue weighted by Gasteiger charge is -2.11. The van der Waals surface area contributed by atoms with E-state index in [0.717, 1.165) is 12.1 Å². The molecule has 5 nitrogen and oxygen atoms in total. The van der Waals surface area contributed by atoms with Crippen LogP contribution in [-0.2, 0) is 12.7 Å². The number of carbonyl (C=O) groups excluding carboxylic acids is 1. The summed E-state index contributed by atoms with van der Waals surface area (Å²) in [5.41, 5.74) is 1.19. The predicted octanol–water partition coefficient (Wildman–Crippen LogP) is 4.28. The molecule has 1 aliphatic heterocycles. The van der Waals surface area contributed by atoms with Crippen molar-refractivity contribution in [1.82, 2.24) is 15.1 Å². The number of halogens is 4. The fraction of sp³-hybridized carbons (Fsp3) is 0.150. The Balaban J connectivity index is 1.42. The zero-order valence-corrected chi connectivity index (χ0v) is 14.8. The Kier molecular flexibility index (Phi) is 4.65. The SMILES string of the molecule is O=C(NC1C=Nc2cc(F)ccc21)c1ccn(Cc2ccc(C(F)(F)F)cc2)n1. The number of fused-ring (bicyclic) bond motifs is 1. The lowest BCUT2D eigenvalue weighted by Crippen LogP contribution is -2.28. The molecule has 1 N–H and O–H groups in total. The minimum atomic E-state index is -4.39. The Morgan fingerprint density at radius 3 is 2.59 bits per heavy atom. The average Bonchev–Trinajstić information content (AvgIpc) is 3.28. The molecule has 1 aromatic heterocycles. The molecule has 1 unspecified atom stereocenters. The van der Waals surface area contributed by atoms with Crippen LogP contribution in [0.2, 0.25) is 0 Å². The van der Waals surface area contributed by atoms with E-state index in [1.165, 1.54) is 41.2 Å². The van der Waals surface area contributed by atoms with Crippen molar-refractivity contribution in [1.29, 1.82) is 0 Å². The average molecular weight is 402 g/mol. The predicted molar refractivity (Wildman–Crippen MR) is 97.5 cm³/mol. The van der Waals surface area contributed by atoms with Crippen molar-refractivity contribution in [2.24, 2.45) is 4.99 Å². The zero-order valence-electron chi connectivity index (χ0n) is 14.8. The monoisotopic (exact) mass is 402 g/mol. The summed E-state index contributed by atoms with van der Waals surface area (Å²) >= 11 is 0. The summed E-state index contributed by atoms with van der Waals surface area (Å²) in [6, 6.07) is 9.92. The van der Waals surface area contributed by atoms with Crippen molar-refractivity contribution in [3.05, 3.63) is 82.9 Å². The van der Waals surface area contributed by atoms with E-state index in [1.807, 2.05) is 0 Å². The van der Waals surface area contributed by atoms with Crippen LogP contribution in [0.5, 0.6) is 0 Å². The van der Waals surface area contributed by atoms with Gasteiger partial charge in [0.05, 0.1) is 23.8 Å². The Labute approximate surface area is 162 Å². The van der Waals surface area contributed by atoms with Gasteiger partial charge in [0.15, 0.2) is 0 Å². The number of nitrogens with one attached hydrogen (secondary N) is 1. The van der Waals surface area contributed by atoms with Gasteiger partial charge < -0.3 is 5.32 Å². The molecule has 3 aromatic rings. The van der Waals surface area contributed by atoms with Crippen LogP contribution >= 0.6 is 0 Å². The summed E-state index contributed by atoms with van der Waals surface area (Å²) in [6.45, 7) is 0.221. The summed E-state index contributed by atoms with van der Waals surface area (Å²) in [5, 5.41) is 6.93. The van der Waals surface area contributed by atoms with E-state index in [9.17, 15) is 22.4 Å². The third kappa shape index (κ3) is 4.03. The molecule has 1 amide bonds. The molecule has 2 heterocycles. The van der Waals surface area contributed by atoms with Crippen LogP contribution in [0.15, 0.2) is 59.7 Å². The number of hydrogen-bond donors (Lipinski definition) is 1. The lowest BCUT2D eigenvalue weighted by molar-refractivity contribution is -0.137. The van der Waals surface area contributed by atoms with E-state index < -0.39 is 29.5 Å². The zero-order chi connectivity index (χ0) is 20.6. The fourth-order valence-corrected chi connectivity index (χ4v) is 3.01. The van der Waals surface area contributed by atoms with Gasteiger partial charge in [-0.15, -0.1) is 0 Å². The van der Waals surface area contributed by atoms with Gasteiger partial charge in [0.1, 0.15) is 11.5 Å². The molecule has 4 rings (SSSR count). The summed E-state index contributed by atoms with van der Waals surface area (Å²) < 4.78 is 52.6. The van der Waals surface area contributed by atoms with Gasteiger partial charge in [-0.2, -0.15) is 18.3 Å². The highest BCUT2D eigenvalue weighted by molar-refractivity contribution is 5.95.